The number of aromatic nitrogens is 2. The van der Waals surface area contributed by atoms with Crippen LogP contribution in [0.15, 0.2) is 114 Å². The molecule has 4 aromatic carbocycles. The summed E-state index contributed by atoms with van der Waals surface area (Å²) in [5, 5.41) is 12.9. The van der Waals surface area contributed by atoms with Crippen molar-refractivity contribution >= 4 is 38.3 Å². The van der Waals surface area contributed by atoms with Crippen molar-refractivity contribution < 1.29 is 36.7 Å². The number of nitro groups is 1. The molecule has 16 heteroatoms. The Kier molecular flexibility index (Phi) is 11.0. The van der Waals surface area contributed by atoms with Crippen molar-refractivity contribution in [1.82, 2.24) is 19.6 Å². The molecular formula is C48H47FN6O8S. The zero-order chi connectivity index (χ0) is 44.0. The third kappa shape index (κ3) is 8.52. The van der Waals surface area contributed by atoms with Crippen LogP contribution in [-0.4, -0.2) is 85.3 Å². The van der Waals surface area contributed by atoms with Crippen molar-refractivity contribution in [2.45, 2.75) is 67.1 Å². The molecule has 2 aromatic heterocycles. The summed E-state index contributed by atoms with van der Waals surface area (Å²) in [5.41, 5.74) is 3.69. The Balaban J connectivity index is 0.884. The summed E-state index contributed by atoms with van der Waals surface area (Å²) >= 11 is 0. The summed E-state index contributed by atoms with van der Waals surface area (Å²) in [4.78, 5) is 36.8. The molecule has 4 fully saturated rings. The molecule has 4 aliphatic rings. The van der Waals surface area contributed by atoms with E-state index in [1.807, 2.05) is 18.2 Å². The topological polar surface area (TPSA) is 169 Å². The highest BCUT2D eigenvalue weighted by Gasteiger charge is 2.40. The Morgan fingerprint density at radius 1 is 0.922 bits per heavy atom. The zero-order valence-electron chi connectivity index (χ0n) is 35.0. The Hall–Kier alpha value is -6.36. The van der Waals surface area contributed by atoms with Crippen molar-refractivity contribution in [3.8, 4) is 28.4 Å². The predicted octanol–water partition coefficient (Wildman–Crippen LogP) is 8.85. The van der Waals surface area contributed by atoms with Gasteiger partial charge < -0.3 is 24.1 Å². The van der Waals surface area contributed by atoms with Crippen LogP contribution < -0.4 is 19.1 Å². The van der Waals surface area contributed by atoms with Crippen LogP contribution >= 0.6 is 0 Å². The van der Waals surface area contributed by atoms with E-state index in [0.29, 0.717) is 55.2 Å². The molecule has 14 nitrogen and oxygen atoms in total. The highest BCUT2D eigenvalue weighted by atomic mass is 32.2. The van der Waals surface area contributed by atoms with Crippen LogP contribution in [0.4, 0.5) is 15.8 Å². The summed E-state index contributed by atoms with van der Waals surface area (Å²) in [5.74, 6) is -0.290. The standard InChI is InChI=1S/C48H47FN6O8S/c49-48(18-22-53(23-19-48)36-28-61-29-36)30-62-44-16-14-38(26-43(44)55(57)58)64(59,60)52-47(56)41-15-11-33(25-45(41)63-37-24-34-17-20-50-46(34)51-27-37)31-9-12-35(13-10-31)54-21-3-6-42(54)40-5-2-1-4-39(40)32-7-8-32/h1-2,4-5,9-17,20,24-27,32,36,42H,3,6-8,18-19,21-23,28-30H2,(H,50,51)(H,52,56)/t42-/m0/s1. The number of nitrogens with one attached hydrogen (secondary N) is 2. The lowest BCUT2D eigenvalue weighted by Crippen LogP contribution is -2.55. The van der Waals surface area contributed by atoms with Gasteiger partial charge in [-0.1, -0.05) is 42.5 Å². The Morgan fingerprint density at radius 3 is 2.42 bits per heavy atom. The van der Waals surface area contributed by atoms with E-state index in [-0.39, 0.29) is 35.9 Å². The number of likely N-dealkylation sites (tertiary alicyclic amines) is 1. The van der Waals surface area contributed by atoms with Gasteiger partial charge in [-0.25, -0.2) is 22.5 Å². The first-order valence-corrected chi connectivity index (χ1v) is 23.2. The number of sulfonamides is 1. The van der Waals surface area contributed by atoms with Crippen molar-refractivity contribution in [2.24, 2.45) is 0 Å². The molecule has 0 unspecified atom stereocenters. The lowest BCUT2D eigenvalue weighted by molar-refractivity contribution is -0.386. The van der Waals surface area contributed by atoms with Gasteiger partial charge in [-0.2, -0.15) is 0 Å². The van der Waals surface area contributed by atoms with E-state index < -0.39 is 43.7 Å². The minimum Gasteiger partial charge on any atom is -0.483 e. The van der Waals surface area contributed by atoms with Gasteiger partial charge in [0, 0.05) is 43.0 Å². The largest absolute Gasteiger partial charge is 0.483 e. The van der Waals surface area contributed by atoms with E-state index in [4.69, 9.17) is 14.2 Å². The van der Waals surface area contributed by atoms with E-state index in [2.05, 4.69) is 60.9 Å². The van der Waals surface area contributed by atoms with E-state index in [1.54, 1.807) is 24.4 Å². The van der Waals surface area contributed by atoms with Gasteiger partial charge in [0.05, 0.1) is 46.9 Å². The van der Waals surface area contributed by atoms with Gasteiger partial charge >= 0.3 is 5.69 Å². The van der Waals surface area contributed by atoms with Crippen molar-refractivity contribution in [2.75, 3.05) is 44.4 Å². The first-order valence-electron chi connectivity index (χ1n) is 21.7. The quantitative estimate of drug-likeness (QED) is 0.0792. The summed E-state index contributed by atoms with van der Waals surface area (Å²) in [6.07, 6.45) is 8.27. The zero-order valence-corrected chi connectivity index (χ0v) is 35.8. The molecule has 3 saturated heterocycles. The average Bonchev–Trinajstić information content (AvgIpc) is 3.82. The molecule has 5 heterocycles. The van der Waals surface area contributed by atoms with E-state index >= 15 is 4.39 Å². The normalized spacial score (nSPS) is 19.0. The second-order valence-corrected chi connectivity index (χ2v) is 18.9. The maximum Gasteiger partial charge on any atom is 0.312 e. The minimum absolute atomic E-state index is 0.0592. The summed E-state index contributed by atoms with van der Waals surface area (Å²) in [7, 11) is -4.68. The number of nitrogens with zero attached hydrogens (tertiary/aromatic N) is 4. The number of amides is 1. The molecule has 64 heavy (non-hydrogen) atoms. The molecule has 1 saturated carbocycles. The fraction of sp³-hybridized carbons (Fsp3) is 0.333. The van der Waals surface area contributed by atoms with Crippen LogP contribution in [-0.2, 0) is 14.8 Å². The molecule has 2 N–H and O–H groups in total. The number of aromatic amines is 1. The van der Waals surface area contributed by atoms with Crippen LogP contribution in [0.3, 0.4) is 0 Å². The number of nitro benzene ring substituents is 1. The number of hydrogen-bond acceptors (Lipinski definition) is 11. The Morgan fingerprint density at radius 2 is 1.69 bits per heavy atom. The maximum absolute atomic E-state index is 15.7. The van der Waals surface area contributed by atoms with Gasteiger partial charge in [-0.05, 0) is 115 Å². The first kappa shape index (κ1) is 41.6. The fourth-order valence-electron chi connectivity index (χ4n) is 9.14. The molecule has 0 bridgehead atoms. The number of alkyl halides is 1. The molecule has 6 aromatic rings. The second kappa shape index (κ2) is 17.0. The molecule has 1 aliphatic carbocycles. The summed E-state index contributed by atoms with van der Waals surface area (Å²) in [6, 6.07) is 29.1. The SMILES string of the molecule is O=C(NS(=O)(=O)c1ccc(OCC2(F)CCN(C3COC3)CC2)c([N+](=O)[O-])c1)c1ccc(-c2ccc(N3CCC[C@H]3c3ccccc3C3CC3)cc2)cc1Oc1cnc2[nH]ccc2c1. The molecule has 330 valence electrons. The number of carbonyl (C=O) groups excluding carboxylic acids is 1. The highest BCUT2D eigenvalue weighted by Crippen LogP contribution is 2.47. The third-order valence-electron chi connectivity index (χ3n) is 13.0. The smallest absolute Gasteiger partial charge is 0.312 e. The van der Waals surface area contributed by atoms with Gasteiger partial charge in [0.15, 0.2) is 5.75 Å². The van der Waals surface area contributed by atoms with Crippen LogP contribution in [0.2, 0.25) is 0 Å². The summed E-state index contributed by atoms with van der Waals surface area (Å²) < 4.78 is 62.4. The van der Waals surface area contributed by atoms with Crippen LogP contribution in [0.5, 0.6) is 17.2 Å². The van der Waals surface area contributed by atoms with Crippen LogP contribution in [0.1, 0.15) is 72.0 Å². The number of halogens is 1. The average molecular weight is 887 g/mol. The lowest BCUT2D eigenvalue weighted by atomic mass is 9.93. The third-order valence-corrected chi connectivity index (χ3v) is 14.3. The van der Waals surface area contributed by atoms with E-state index in [1.165, 1.54) is 36.2 Å². The monoisotopic (exact) mass is 886 g/mol. The number of piperidine rings is 1. The fourth-order valence-corrected chi connectivity index (χ4v) is 10.1. The summed E-state index contributed by atoms with van der Waals surface area (Å²) in [6.45, 7) is 2.76. The molecule has 1 atom stereocenters. The number of benzene rings is 4. The number of rotatable bonds is 14. The molecule has 0 spiro atoms. The van der Waals surface area contributed by atoms with E-state index in [9.17, 15) is 23.3 Å². The van der Waals surface area contributed by atoms with Crippen molar-refractivity contribution in [3.05, 3.63) is 136 Å². The number of pyridine rings is 1. The van der Waals surface area contributed by atoms with Gasteiger partial charge in [-0.3, -0.25) is 19.8 Å². The number of carbonyl (C=O) groups is 1. The Bertz CT molecular complexity index is 2840. The number of H-pyrrole nitrogens is 1. The minimum atomic E-state index is -4.68. The maximum atomic E-state index is 15.7. The van der Waals surface area contributed by atoms with Crippen molar-refractivity contribution in [3.63, 3.8) is 0 Å². The van der Waals surface area contributed by atoms with E-state index in [0.717, 1.165) is 54.2 Å². The van der Waals surface area contributed by atoms with Gasteiger partial charge in [0.1, 0.15) is 29.4 Å². The van der Waals surface area contributed by atoms with Gasteiger partial charge in [0.2, 0.25) is 0 Å². The van der Waals surface area contributed by atoms with Crippen molar-refractivity contribution in [1.29, 1.82) is 0 Å². The number of hydrogen-bond donors (Lipinski definition) is 2. The highest BCUT2D eigenvalue weighted by molar-refractivity contribution is 7.90. The molecule has 10 rings (SSSR count). The molecule has 0 radical (unpaired) electrons. The second-order valence-electron chi connectivity index (χ2n) is 17.2. The van der Waals surface area contributed by atoms with Gasteiger partial charge in [-0.15, -0.1) is 0 Å². The molecule has 3 aliphatic heterocycles. The molecular weight excluding hydrogens is 840 g/mol. The number of anilines is 1. The number of ether oxygens (including phenoxy) is 3. The van der Waals surface area contributed by atoms with Crippen LogP contribution in [0.25, 0.3) is 22.2 Å². The predicted molar refractivity (Wildman–Crippen MR) is 238 cm³/mol. The number of fused-ring (bicyclic) bond motifs is 1. The lowest BCUT2D eigenvalue weighted by Gasteiger charge is -2.43. The van der Waals surface area contributed by atoms with Gasteiger partial charge in [0.25, 0.3) is 15.9 Å². The first-order chi connectivity index (χ1) is 31.0. The molecule has 1 amide bonds. The van der Waals surface area contributed by atoms with Crippen LogP contribution in [0, 0.1) is 10.1 Å². The Labute approximate surface area is 369 Å².